The normalized spacial score (nSPS) is 11.0. The van der Waals surface area contributed by atoms with Crippen molar-refractivity contribution in [3.05, 3.63) is 41.6 Å². The lowest BCUT2D eigenvalue weighted by atomic mass is 10.1. The minimum Gasteiger partial charge on any atom is -0.478 e. The molecule has 4 heteroatoms. The van der Waals surface area contributed by atoms with E-state index in [1.165, 1.54) is 12.1 Å². The fourth-order valence-electron chi connectivity index (χ4n) is 1.26. The molecule has 0 aliphatic rings. The first-order valence-electron chi connectivity index (χ1n) is 4.71. The first-order chi connectivity index (χ1) is 7.54. The fraction of sp³-hybridized carbons (Fsp3) is 0.167. The van der Waals surface area contributed by atoms with E-state index in [1.807, 2.05) is 14.1 Å². The Balaban J connectivity index is 3.04. The smallest absolute Gasteiger partial charge is 0.335 e. The van der Waals surface area contributed by atoms with Gasteiger partial charge in [-0.15, -0.1) is 0 Å². The van der Waals surface area contributed by atoms with E-state index in [9.17, 15) is 9.59 Å². The second-order valence-corrected chi connectivity index (χ2v) is 3.55. The Morgan fingerprint density at radius 2 is 1.69 bits per heavy atom. The summed E-state index contributed by atoms with van der Waals surface area (Å²) < 4.78 is 0. The third-order valence-electron chi connectivity index (χ3n) is 1.99. The highest BCUT2D eigenvalue weighted by Crippen LogP contribution is 2.13. The summed E-state index contributed by atoms with van der Waals surface area (Å²) in [5, 5.41) is 8.72. The predicted octanol–water partition coefficient (Wildman–Crippen LogP) is 1.49. The summed E-state index contributed by atoms with van der Waals surface area (Å²) >= 11 is 0. The molecule has 84 valence electrons. The number of nitrogens with zero attached hydrogens (tertiary/aromatic N) is 1. The number of benzene rings is 1. The third-order valence-corrected chi connectivity index (χ3v) is 1.99. The lowest BCUT2D eigenvalue weighted by molar-refractivity contribution is -0.103. The molecule has 0 spiro atoms. The second-order valence-electron chi connectivity index (χ2n) is 3.55. The molecule has 0 unspecified atom stereocenters. The summed E-state index contributed by atoms with van der Waals surface area (Å²) in [7, 11) is 3.63. The number of aldehydes is 1. The molecule has 1 aromatic rings. The topological polar surface area (TPSA) is 57.6 Å². The van der Waals surface area contributed by atoms with Gasteiger partial charge in [-0.05, 0) is 17.7 Å². The van der Waals surface area contributed by atoms with E-state index >= 15 is 0 Å². The monoisotopic (exact) mass is 219 g/mol. The summed E-state index contributed by atoms with van der Waals surface area (Å²) in [6.07, 6.45) is 2.43. The van der Waals surface area contributed by atoms with Crippen LogP contribution in [0.15, 0.2) is 30.5 Å². The van der Waals surface area contributed by atoms with Gasteiger partial charge in [0.15, 0.2) is 6.29 Å². The highest BCUT2D eigenvalue weighted by atomic mass is 16.4. The number of carboxylic acid groups (broad SMARTS) is 1. The van der Waals surface area contributed by atoms with Crippen LogP contribution in [0.5, 0.6) is 0 Å². The molecule has 1 aromatic carbocycles. The van der Waals surface area contributed by atoms with Crippen LogP contribution in [0.3, 0.4) is 0 Å². The maximum atomic E-state index is 10.8. The maximum Gasteiger partial charge on any atom is 0.335 e. The molecule has 1 N–H and O–H groups in total. The molecule has 0 bridgehead atoms. The van der Waals surface area contributed by atoms with Gasteiger partial charge in [-0.2, -0.15) is 0 Å². The number of hydrogen-bond donors (Lipinski definition) is 1. The minimum absolute atomic E-state index is 0.207. The summed E-state index contributed by atoms with van der Waals surface area (Å²) in [5.41, 5.74) is 1.43. The predicted molar refractivity (Wildman–Crippen MR) is 61.1 cm³/mol. The number of allylic oxidation sites excluding steroid dienone is 1. The highest BCUT2D eigenvalue weighted by molar-refractivity contribution is 6.06. The van der Waals surface area contributed by atoms with Crippen molar-refractivity contribution in [3.8, 4) is 0 Å². The zero-order chi connectivity index (χ0) is 12.1. The van der Waals surface area contributed by atoms with E-state index < -0.39 is 5.97 Å². The summed E-state index contributed by atoms with van der Waals surface area (Å²) in [5.74, 6) is -0.976. The Morgan fingerprint density at radius 1 is 1.19 bits per heavy atom. The van der Waals surface area contributed by atoms with E-state index in [2.05, 4.69) is 0 Å². The summed E-state index contributed by atoms with van der Waals surface area (Å²) in [6.45, 7) is 0. The van der Waals surface area contributed by atoms with Crippen LogP contribution in [0.2, 0.25) is 0 Å². The van der Waals surface area contributed by atoms with Gasteiger partial charge in [-0.25, -0.2) is 4.79 Å². The number of carbonyl (C=O) groups is 2. The Hall–Kier alpha value is -2.10. The minimum atomic E-state index is -0.976. The van der Waals surface area contributed by atoms with Crippen LogP contribution in [0, 0.1) is 0 Å². The number of aromatic carboxylic acids is 1. The largest absolute Gasteiger partial charge is 0.478 e. The van der Waals surface area contributed by atoms with Gasteiger partial charge < -0.3 is 10.0 Å². The molecule has 0 amide bonds. The SMILES string of the molecule is CN(C)/C=C(/C=O)c1ccc(C(=O)O)cc1. The molecule has 1 rings (SSSR count). The van der Waals surface area contributed by atoms with Crippen LogP contribution in [0.4, 0.5) is 0 Å². The van der Waals surface area contributed by atoms with Crippen LogP contribution in [-0.2, 0) is 4.79 Å². The van der Waals surface area contributed by atoms with Crippen LogP contribution < -0.4 is 0 Å². The van der Waals surface area contributed by atoms with Gasteiger partial charge in [0.25, 0.3) is 0 Å². The Bertz CT molecular complexity index is 418. The number of rotatable bonds is 4. The summed E-state index contributed by atoms with van der Waals surface area (Å²) in [4.78, 5) is 23.2. The Kier molecular flexibility index (Phi) is 3.83. The second kappa shape index (κ2) is 5.11. The van der Waals surface area contributed by atoms with Gasteiger partial charge in [0.05, 0.1) is 5.56 Å². The lowest BCUT2D eigenvalue weighted by Gasteiger charge is -2.07. The zero-order valence-corrected chi connectivity index (χ0v) is 9.18. The van der Waals surface area contributed by atoms with Crippen LogP contribution in [0.1, 0.15) is 15.9 Å². The lowest BCUT2D eigenvalue weighted by Crippen LogP contribution is -2.03. The van der Waals surface area contributed by atoms with Crippen LogP contribution in [0.25, 0.3) is 5.57 Å². The Morgan fingerprint density at radius 3 is 2.06 bits per heavy atom. The van der Waals surface area contributed by atoms with E-state index in [0.29, 0.717) is 11.1 Å². The van der Waals surface area contributed by atoms with Crippen molar-refractivity contribution in [2.45, 2.75) is 0 Å². The van der Waals surface area contributed by atoms with Gasteiger partial charge in [0, 0.05) is 25.9 Å². The summed E-state index contributed by atoms with van der Waals surface area (Å²) in [6, 6.07) is 6.19. The van der Waals surface area contributed by atoms with E-state index in [4.69, 9.17) is 5.11 Å². The molecule has 0 fully saturated rings. The molecule has 0 aliphatic heterocycles. The molecule has 0 saturated carbocycles. The van der Waals surface area contributed by atoms with Gasteiger partial charge in [0.1, 0.15) is 0 Å². The van der Waals surface area contributed by atoms with Gasteiger partial charge >= 0.3 is 5.97 Å². The molecule has 16 heavy (non-hydrogen) atoms. The quantitative estimate of drug-likeness (QED) is 0.615. The van der Waals surface area contributed by atoms with Crippen LogP contribution in [-0.4, -0.2) is 36.4 Å². The first kappa shape index (κ1) is 12.0. The molecule has 0 radical (unpaired) electrons. The molecule has 0 aliphatic carbocycles. The molecule has 4 nitrogen and oxygen atoms in total. The third kappa shape index (κ3) is 2.95. The molecular formula is C12H13NO3. The Labute approximate surface area is 93.8 Å². The van der Waals surface area contributed by atoms with Gasteiger partial charge in [-0.1, -0.05) is 12.1 Å². The zero-order valence-electron chi connectivity index (χ0n) is 9.18. The van der Waals surface area contributed by atoms with Crippen molar-refractivity contribution in [2.24, 2.45) is 0 Å². The fourth-order valence-corrected chi connectivity index (χ4v) is 1.26. The average molecular weight is 219 g/mol. The van der Waals surface area contributed by atoms with E-state index in [-0.39, 0.29) is 5.56 Å². The van der Waals surface area contributed by atoms with Crippen molar-refractivity contribution in [3.63, 3.8) is 0 Å². The maximum absolute atomic E-state index is 10.8. The van der Waals surface area contributed by atoms with Gasteiger partial charge in [-0.3, -0.25) is 4.79 Å². The van der Waals surface area contributed by atoms with Crippen molar-refractivity contribution < 1.29 is 14.7 Å². The van der Waals surface area contributed by atoms with Crippen molar-refractivity contribution in [2.75, 3.05) is 14.1 Å². The number of hydrogen-bond acceptors (Lipinski definition) is 3. The molecular weight excluding hydrogens is 206 g/mol. The highest BCUT2D eigenvalue weighted by Gasteiger charge is 2.04. The average Bonchev–Trinajstić information content (AvgIpc) is 2.25. The van der Waals surface area contributed by atoms with Crippen molar-refractivity contribution in [1.82, 2.24) is 4.90 Å². The standard InChI is InChI=1S/C12H13NO3/c1-13(2)7-11(8-14)9-3-5-10(6-4-9)12(15)16/h3-8H,1-2H3,(H,15,16)/b11-7-. The molecule has 0 aromatic heterocycles. The van der Waals surface area contributed by atoms with E-state index in [1.54, 1.807) is 23.2 Å². The van der Waals surface area contributed by atoms with E-state index in [0.717, 1.165) is 6.29 Å². The number of carboxylic acids is 1. The van der Waals surface area contributed by atoms with Crippen molar-refractivity contribution >= 4 is 17.8 Å². The number of carbonyl (C=O) groups excluding carboxylic acids is 1. The van der Waals surface area contributed by atoms with Crippen molar-refractivity contribution in [1.29, 1.82) is 0 Å². The molecule has 0 atom stereocenters. The van der Waals surface area contributed by atoms with Gasteiger partial charge in [0.2, 0.25) is 0 Å². The molecule has 0 heterocycles. The van der Waals surface area contributed by atoms with Crippen LogP contribution >= 0.6 is 0 Å². The first-order valence-corrected chi connectivity index (χ1v) is 4.71. The molecule has 0 saturated heterocycles.